The molecule has 5 rings (SSSR count). The first-order valence-corrected chi connectivity index (χ1v) is 12.3. The standard InChI is InChI=1S/C22H14N4O4S3/c27-21-17(12-14-10-11-19(23-13-14)30-15-6-2-1-3-7-15)32-22(31)26(21)24-20-16-8-4-5-9-18(16)33(28,29)25-20/h1-13H,(H,24,25)/b17-12-. The summed E-state index contributed by atoms with van der Waals surface area (Å²) >= 11 is 6.41. The molecule has 2 aromatic carbocycles. The van der Waals surface area contributed by atoms with Gasteiger partial charge in [-0.3, -0.25) is 10.2 Å². The number of thiocarbonyl (C=S) groups is 1. The molecular weight excluding hydrogens is 480 g/mol. The van der Waals surface area contributed by atoms with Crippen molar-refractivity contribution in [1.29, 1.82) is 0 Å². The number of rotatable bonds is 4. The maximum Gasteiger partial charge on any atom is 0.285 e. The number of hydrazine groups is 1. The highest BCUT2D eigenvalue weighted by Gasteiger charge is 2.36. The minimum absolute atomic E-state index is 0.0484. The van der Waals surface area contributed by atoms with Crippen molar-refractivity contribution in [1.82, 2.24) is 15.4 Å². The van der Waals surface area contributed by atoms with E-state index < -0.39 is 15.9 Å². The van der Waals surface area contributed by atoms with Gasteiger partial charge in [-0.1, -0.05) is 42.1 Å². The van der Waals surface area contributed by atoms with Crippen LogP contribution in [-0.2, 0) is 14.8 Å². The second-order valence-electron chi connectivity index (χ2n) is 6.88. The lowest BCUT2D eigenvalue weighted by molar-refractivity contribution is -0.123. The van der Waals surface area contributed by atoms with Gasteiger partial charge in [0.25, 0.3) is 15.9 Å². The van der Waals surface area contributed by atoms with Gasteiger partial charge in [0.1, 0.15) is 10.6 Å². The number of carbonyl (C=O) groups excluding carboxylic acids is 1. The summed E-state index contributed by atoms with van der Waals surface area (Å²) in [5.74, 6) is 0.723. The van der Waals surface area contributed by atoms with E-state index in [1.165, 1.54) is 6.07 Å². The lowest BCUT2D eigenvalue weighted by atomic mass is 10.2. The molecule has 0 atom stereocenters. The van der Waals surface area contributed by atoms with Crippen molar-refractivity contribution >= 4 is 56.1 Å². The monoisotopic (exact) mass is 494 g/mol. The quantitative estimate of drug-likeness (QED) is 0.433. The van der Waals surface area contributed by atoms with Crippen LogP contribution in [0.4, 0.5) is 0 Å². The van der Waals surface area contributed by atoms with E-state index in [1.54, 1.807) is 42.6 Å². The number of fused-ring (bicyclic) bond motifs is 1. The number of nitrogens with one attached hydrogen (secondary N) is 1. The van der Waals surface area contributed by atoms with Gasteiger partial charge in [-0.15, -0.1) is 4.40 Å². The highest BCUT2D eigenvalue weighted by Crippen LogP contribution is 2.33. The fourth-order valence-corrected chi connectivity index (χ4v) is 5.51. The van der Waals surface area contributed by atoms with Crippen molar-refractivity contribution in [2.45, 2.75) is 4.90 Å². The Kier molecular flexibility index (Phi) is 5.44. The van der Waals surface area contributed by atoms with Crippen LogP contribution in [0.5, 0.6) is 11.6 Å². The highest BCUT2D eigenvalue weighted by molar-refractivity contribution is 8.26. The van der Waals surface area contributed by atoms with E-state index in [-0.39, 0.29) is 15.1 Å². The van der Waals surface area contributed by atoms with Gasteiger partial charge >= 0.3 is 0 Å². The SMILES string of the molecule is O=C1/C(=C/c2ccc(Oc3ccccc3)nc2)SC(=S)N1NC1=NS(=O)(=O)c2ccccc21. The van der Waals surface area contributed by atoms with Gasteiger partial charge in [0, 0.05) is 17.8 Å². The highest BCUT2D eigenvalue weighted by atomic mass is 32.2. The molecule has 2 aliphatic heterocycles. The number of ether oxygens (including phenoxy) is 1. The molecule has 0 radical (unpaired) electrons. The van der Waals surface area contributed by atoms with Gasteiger partial charge in [0.05, 0.1) is 4.91 Å². The number of benzene rings is 2. The van der Waals surface area contributed by atoms with Crippen LogP contribution in [0.1, 0.15) is 11.1 Å². The summed E-state index contributed by atoms with van der Waals surface area (Å²) < 4.78 is 34.2. The first-order valence-electron chi connectivity index (χ1n) is 9.59. The van der Waals surface area contributed by atoms with Crippen molar-refractivity contribution in [3.05, 3.63) is 89.0 Å². The summed E-state index contributed by atoms with van der Waals surface area (Å²) in [5, 5.41) is 1.11. The largest absolute Gasteiger partial charge is 0.439 e. The fraction of sp³-hybridized carbons (Fsp3) is 0. The van der Waals surface area contributed by atoms with E-state index in [4.69, 9.17) is 17.0 Å². The van der Waals surface area contributed by atoms with Gasteiger partial charge in [-0.25, -0.2) is 4.98 Å². The Morgan fingerprint density at radius 3 is 2.55 bits per heavy atom. The molecule has 1 fully saturated rings. The lowest BCUT2D eigenvalue weighted by Crippen LogP contribution is -2.44. The molecule has 1 N–H and O–H groups in total. The fourth-order valence-electron chi connectivity index (χ4n) is 3.15. The summed E-state index contributed by atoms with van der Waals surface area (Å²) in [6.07, 6.45) is 3.24. The number of thioether (sulfide) groups is 1. The van der Waals surface area contributed by atoms with Gasteiger partial charge in [0.15, 0.2) is 10.2 Å². The Balaban J connectivity index is 1.33. The minimum Gasteiger partial charge on any atom is -0.439 e. The van der Waals surface area contributed by atoms with E-state index in [9.17, 15) is 13.2 Å². The van der Waals surface area contributed by atoms with Crippen LogP contribution in [0.25, 0.3) is 6.08 Å². The molecule has 1 saturated heterocycles. The molecule has 0 bridgehead atoms. The average molecular weight is 495 g/mol. The zero-order valence-electron chi connectivity index (χ0n) is 16.7. The van der Waals surface area contributed by atoms with E-state index in [0.717, 1.165) is 16.8 Å². The minimum atomic E-state index is -3.82. The molecule has 11 heteroatoms. The number of pyridine rings is 1. The molecule has 0 unspecified atom stereocenters. The third-order valence-corrected chi connectivity index (χ3v) is 7.30. The van der Waals surface area contributed by atoms with Crippen molar-refractivity contribution in [2.24, 2.45) is 4.40 Å². The van der Waals surface area contributed by atoms with Crippen molar-refractivity contribution in [3.8, 4) is 11.6 Å². The Labute approximate surface area is 199 Å². The average Bonchev–Trinajstić information content (AvgIpc) is 3.23. The van der Waals surface area contributed by atoms with Gasteiger partial charge in [-0.2, -0.15) is 13.4 Å². The summed E-state index contributed by atoms with van der Waals surface area (Å²) in [6, 6.07) is 19.1. The van der Waals surface area contributed by atoms with Crippen LogP contribution in [0.15, 0.2) is 87.1 Å². The smallest absolute Gasteiger partial charge is 0.285 e. The maximum atomic E-state index is 12.9. The van der Waals surface area contributed by atoms with Crippen LogP contribution < -0.4 is 10.2 Å². The summed E-state index contributed by atoms with van der Waals surface area (Å²) in [5.41, 5.74) is 3.82. The van der Waals surface area contributed by atoms with Gasteiger partial charge < -0.3 is 4.74 Å². The molecule has 1 amide bonds. The number of hydrogen-bond acceptors (Lipinski definition) is 8. The van der Waals surface area contributed by atoms with Crippen molar-refractivity contribution in [2.75, 3.05) is 0 Å². The third-order valence-electron chi connectivity index (χ3n) is 4.67. The topological polar surface area (TPSA) is 101 Å². The van der Waals surface area contributed by atoms with Crippen LogP contribution in [0.3, 0.4) is 0 Å². The third kappa shape index (κ3) is 4.25. The van der Waals surface area contributed by atoms with Gasteiger partial charge in [-0.05, 0) is 54.2 Å². The van der Waals surface area contributed by atoms with E-state index in [2.05, 4.69) is 14.8 Å². The molecule has 0 aliphatic carbocycles. The molecule has 3 aromatic rings. The van der Waals surface area contributed by atoms with Crippen molar-refractivity contribution in [3.63, 3.8) is 0 Å². The molecule has 0 spiro atoms. The number of carbonyl (C=O) groups is 1. The normalized spacial score (nSPS) is 17.8. The van der Waals surface area contributed by atoms with E-state index >= 15 is 0 Å². The first kappa shape index (κ1) is 21.3. The van der Waals surface area contributed by atoms with Crippen molar-refractivity contribution < 1.29 is 17.9 Å². The second-order valence-corrected chi connectivity index (χ2v) is 10.1. The maximum absolute atomic E-state index is 12.9. The van der Waals surface area contributed by atoms with Crippen LogP contribution in [0.2, 0.25) is 0 Å². The van der Waals surface area contributed by atoms with E-state index in [0.29, 0.717) is 27.7 Å². The Morgan fingerprint density at radius 1 is 1.03 bits per heavy atom. The number of hydrogen-bond donors (Lipinski definition) is 1. The predicted molar refractivity (Wildman–Crippen MR) is 129 cm³/mol. The molecule has 8 nitrogen and oxygen atoms in total. The summed E-state index contributed by atoms with van der Waals surface area (Å²) in [4.78, 5) is 17.6. The number of aromatic nitrogens is 1. The molecule has 164 valence electrons. The lowest BCUT2D eigenvalue weighted by Gasteiger charge is -2.16. The zero-order chi connectivity index (χ0) is 23.0. The van der Waals surface area contributed by atoms with Crippen LogP contribution >= 0.6 is 24.0 Å². The molecule has 3 heterocycles. The van der Waals surface area contributed by atoms with Crippen LogP contribution in [0, 0.1) is 0 Å². The molecule has 33 heavy (non-hydrogen) atoms. The number of para-hydroxylation sites is 1. The summed E-state index contributed by atoms with van der Waals surface area (Å²) in [7, 11) is -3.82. The molecule has 1 aromatic heterocycles. The predicted octanol–water partition coefficient (Wildman–Crippen LogP) is 3.73. The zero-order valence-corrected chi connectivity index (χ0v) is 19.2. The summed E-state index contributed by atoms with van der Waals surface area (Å²) in [6.45, 7) is 0. The molecular formula is C22H14N4O4S3. The number of sulfonamides is 1. The van der Waals surface area contributed by atoms with Gasteiger partial charge in [0.2, 0.25) is 5.88 Å². The number of amidine groups is 1. The molecule has 0 saturated carbocycles. The number of nitrogens with zero attached hydrogens (tertiary/aromatic N) is 3. The second kappa shape index (κ2) is 8.43. The van der Waals surface area contributed by atoms with E-state index in [1.807, 2.05) is 30.3 Å². The first-order chi connectivity index (χ1) is 15.9. The van der Waals surface area contributed by atoms with Crippen LogP contribution in [-0.4, -0.2) is 34.5 Å². The Bertz CT molecular complexity index is 1440. The Morgan fingerprint density at radius 2 is 1.79 bits per heavy atom. The Hall–Kier alpha value is -3.54. The number of amides is 1. The molecule has 2 aliphatic rings.